The summed E-state index contributed by atoms with van der Waals surface area (Å²) in [4.78, 5) is 5.34. The average molecular weight is 287 g/mol. The van der Waals surface area contributed by atoms with E-state index in [0.29, 0.717) is 6.04 Å². The maximum absolute atomic E-state index is 6.18. The minimum absolute atomic E-state index is 0.381. The van der Waals surface area contributed by atoms with E-state index >= 15 is 0 Å². The quantitative estimate of drug-likeness (QED) is 0.927. The molecule has 3 nitrogen and oxygen atoms in total. The van der Waals surface area contributed by atoms with Crippen LogP contribution in [0.5, 0.6) is 0 Å². The third kappa shape index (κ3) is 3.15. The highest BCUT2D eigenvalue weighted by molar-refractivity contribution is 5.33. The summed E-state index contributed by atoms with van der Waals surface area (Å²) in [5.41, 5.74) is 10.3. The molecule has 21 heavy (non-hydrogen) atoms. The Hall–Kier alpha value is -0.900. The molecule has 2 fully saturated rings. The van der Waals surface area contributed by atoms with Crippen molar-refractivity contribution in [3.8, 4) is 0 Å². The van der Waals surface area contributed by atoms with E-state index in [-0.39, 0.29) is 0 Å². The van der Waals surface area contributed by atoms with Crippen molar-refractivity contribution in [1.29, 1.82) is 0 Å². The lowest BCUT2D eigenvalue weighted by atomic mass is 9.97. The van der Waals surface area contributed by atoms with Gasteiger partial charge in [0, 0.05) is 31.7 Å². The Kier molecular flexibility index (Phi) is 4.63. The van der Waals surface area contributed by atoms with Crippen LogP contribution in [-0.4, -0.2) is 48.6 Å². The monoisotopic (exact) mass is 287 g/mol. The standard InChI is InChI=1S/C18H29N3/c1-14-6-7-17(15(2)11-14)18(12-19)21-10-4-9-20-8-3-5-16(20)13-21/h6-7,11,16,18H,3-5,8-10,12-13,19H2,1-2H3. The Morgan fingerprint density at radius 1 is 1.19 bits per heavy atom. The van der Waals surface area contributed by atoms with Gasteiger partial charge in [-0.3, -0.25) is 9.80 Å². The third-order valence-electron chi connectivity index (χ3n) is 5.28. The van der Waals surface area contributed by atoms with Crippen molar-refractivity contribution >= 4 is 0 Å². The summed E-state index contributed by atoms with van der Waals surface area (Å²) >= 11 is 0. The highest BCUT2D eigenvalue weighted by Crippen LogP contribution is 2.29. The molecule has 3 heteroatoms. The van der Waals surface area contributed by atoms with Gasteiger partial charge in [-0.1, -0.05) is 23.8 Å². The molecule has 2 aliphatic rings. The van der Waals surface area contributed by atoms with E-state index in [0.717, 1.165) is 12.6 Å². The van der Waals surface area contributed by atoms with Crippen molar-refractivity contribution in [2.24, 2.45) is 5.73 Å². The molecule has 2 saturated heterocycles. The van der Waals surface area contributed by atoms with Crippen molar-refractivity contribution in [2.45, 2.75) is 45.2 Å². The second-order valence-corrected chi connectivity index (χ2v) is 6.79. The maximum atomic E-state index is 6.18. The molecule has 3 rings (SSSR count). The second-order valence-electron chi connectivity index (χ2n) is 6.79. The van der Waals surface area contributed by atoms with Crippen LogP contribution in [0, 0.1) is 13.8 Å². The molecule has 1 aromatic rings. The number of rotatable bonds is 3. The lowest BCUT2D eigenvalue weighted by molar-refractivity contribution is 0.175. The van der Waals surface area contributed by atoms with Crippen LogP contribution in [0.15, 0.2) is 18.2 Å². The highest BCUT2D eigenvalue weighted by atomic mass is 15.3. The molecule has 0 radical (unpaired) electrons. The van der Waals surface area contributed by atoms with Crippen LogP contribution in [-0.2, 0) is 0 Å². The summed E-state index contributed by atoms with van der Waals surface area (Å²) in [5, 5.41) is 0. The number of fused-ring (bicyclic) bond motifs is 1. The number of benzene rings is 1. The molecule has 1 aromatic carbocycles. The van der Waals surface area contributed by atoms with Crippen molar-refractivity contribution in [3.63, 3.8) is 0 Å². The van der Waals surface area contributed by atoms with Crippen molar-refractivity contribution < 1.29 is 0 Å². The maximum Gasteiger partial charge on any atom is 0.0473 e. The van der Waals surface area contributed by atoms with Crippen LogP contribution in [0.1, 0.15) is 42.0 Å². The largest absolute Gasteiger partial charge is 0.329 e. The van der Waals surface area contributed by atoms with Gasteiger partial charge in [0.1, 0.15) is 0 Å². The molecule has 0 bridgehead atoms. The van der Waals surface area contributed by atoms with Gasteiger partial charge in [-0.15, -0.1) is 0 Å². The molecule has 0 aromatic heterocycles. The fourth-order valence-electron chi connectivity index (χ4n) is 4.19. The normalized spacial score (nSPS) is 25.6. The van der Waals surface area contributed by atoms with Gasteiger partial charge in [0.15, 0.2) is 0 Å². The average Bonchev–Trinajstić information content (AvgIpc) is 2.80. The molecule has 0 aliphatic carbocycles. The van der Waals surface area contributed by atoms with E-state index in [4.69, 9.17) is 5.73 Å². The van der Waals surface area contributed by atoms with Crippen LogP contribution in [0.4, 0.5) is 0 Å². The second kappa shape index (κ2) is 6.47. The van der Waals surface area contributed by atoms with Gasteiger partial charge in [0.25, 0.3) is 0 Å². The number of hydrogen-bond acceptors (Lipinski definition) is 3. The van der Waals surface area contributed by atoms with E-state index in [1.807, 2.05) is 0 Å². The number of hydrogen-bond donors (Lipinski definition) is 1. The van der Waals surface area contributed by atoms with Gasteiger partial charge in [0.05, 0.1) is 0 Å². The van der Waals surface area contributed by atoms with E-state index in [1.165, 1.54) is 62.1 Å². The fourth-order valence-corrected chi connectivity index (χ4v) is 4.19. The molecule has 2 unspecified atom stereocenters. The predicted molar refractivity (Wildman–Crippen MR) is 88.5 cm³/mol. The SMILES string of the molecule is Cc1ccc(C(CN)N2CCCN3CCCC3C2)c(C)c1. The topological polar surface area (TPSA) is 32.5 Å². The first-order chi connectivity index (χ1) is 10.2. The number of nitrogens with two attached hydrogens (primary N) is 1. The molecule has 0 spiro atoms. The zero-order valence-corrected chi connectivity index (χ0v) is 13.5. The lowest BCUT2D eigenvalue weighted by Crippen LogP contribution is -2.40. The molecule has 0 saturated carbocycles. The number of nitrogens with zero attached hydrogens (tertiary/aromatic N) is 2. The van der Waals surface area contributed by atoms with E-state index in [2.05, 4.69) is 41.8 Å². The van der Waals surface area contributed by atoms with Gasteiger partial charge >= 0.3 is 0 Å². The van der Waals surface area contributed by atoms with Crippen LogP contribution < -0.4 is 5.73 Å². The smallest absolute Gasteiger partial charge is 0.0473 e. The van der Waals surface area contributed by atoms with Gasteiger partial charge < -0.3 is 5.73 Å². The first kappa shape index (κ1) is 15.0. The molecular weight excluding hydrogens is 258 g/mol. The summed E-state index contributed by atoms with van der Waals surface area (Å²) < 4.78 is 0. The zero-order valence-electron chi connectivity index (χ0n) is 13.5. The first-order valence-electron chi connectivity index (χ1n) is 8.44. The Labute approximate surface area is 129 Å². The molecule has 2 atom stereocenters. The predicted octanol–water partition coefficient (Wildman–Crippen LogP) is 2.47. The van der Waals surface area contributed by atoms with Gasteiger partial charge in [-0.2, -0.15) is 0 Å². The molecular formula is C18H29N3. The van der Waals surface area contributed by atoms with E-state index in [9.17, 15) is 0 Å². The van der Waals surface area contributed by atoms with E-state index < -0.39 is 0 Å². The summed E-state index contributed by atoms with van der Waals surface area (Å²) in [6, 6.07) is 7.94. The Morgan fingerprint density at radius 2 is 2.00 bits per heavy atom. The summed E-state index contributed by atoms with van der Waals surface area (Å²) in [7, 11) is 0. The molecule has 2 aliphatic heterocycles. The molecule has 2 N–H and O–H groups in total. The molecule has 2 heterocycles. The highest BCUT2D eigenvalue weighted by Gasteiger charge is 2.31. The van der Waals surface area contributed by atoms with Crippen LogP contribution in [0.25, 0.3) is 0 Å². The Balaban J connectivity index is 1.81. The van der Waals surface area contributed by atoms with Crippen molar-refractivity contribution in [2.75, 3.05) is 32.7 Å². The van der Waals surface area contributed by atoms with Crippen molar-refractivity contribution in [1.82, 2.24) is 9.80 Å². The zero-order chi connectivity index (χ0) is 14.8. The molecule has 0 amide bonds. The van der Waals surface area contributed by atoms with Crippen LogP contribution in [0.2, 0.25) is 0 Å². The first-order valence-corrected chi connectivity index (χ1v) is 8.44. The van der Waals surface area contributed by atoms with E-state index in [1.54, 1.807) is 0 Å². The van der Waals surface area contributed by atoms with Crippen molar-refractivity contribution in [3.05, 3.63) is 34.9 Å². The number of aryl methyl sites for hydroxylation is 2. The summed E-state index contributed by atoms with van der Waals surface area (Å²) in [6.45, 7) is 10.1. The lowest BCUT2D eigenvalue weighted by Gasteiger charge is -2.33. The van der Waals surface area contributed by atoms with Gasteiger partial charge in [-0.25, -0.2) is 0 Å². The minimum Gasteiger partial charge on any atom is -0.329 e. The van der Waals surface area contributed by atoms with Crippen LogP contribution in [0.3, 0.4) is 0 Å². The summed E-state index contributed by atoms with van der Waals surface area (Å²) in [5.74, 6) is 0. The van der Waals surface area contributed by atoms with Crippen LogP contribution >= 0.6 is 0 Å². The Morgan fingerprint density at radius 3 is 2.76 bits per heavy atom. The third-order valence-corrected chi connectivity index (χ3v) is 5.28. The summed E-state index contributed by atoms with van der Waals surface area (Å²) in [6.07, 6.45) is 4.01. The van der Waals surface area contributed by atoms with Gasteiger partial charge in [-0.05, 0) is 57.3 Å². The fraction of sp³-hybridized carbons (Fsp3) is 0.667. The minimum atomic E-state index is 0.381. The Bertz CT molecular complexity index is 485. The molecule has 116 valence electrons. The van der Waals surface area contributed by atoms with Gasteiger partial charge in [0.2, 0.25) is 0 Å².